The van der Waals surface area contributed by atoms with Crippen molar-refractivity contribution in [1.82, 2.24) is 9.97 Å². The van der Waals surface area contributed by atoms with Crippen molar-refractivity contribution < 1.29 is 13.2 Å². The Morgan fingerprint density at radius 2 is 1.70 bits per heavy atom. The molecule has 1 aromatic heterocycles. The Morgan fingerprint density at radius 1 is 1.10 bits per heavy atom. The zero-order valence-corrected chi connectivity index (χ0v) is 11.7. The van der Waals surface area contributed by atoms with Gasteiger partial charge in [-0.3, -0.25) is 0 Å². The SMILES string of the molecule is CCc1nc(-c2ccc(C(F)(F)F)cc2)nc(Cl)c1C. The van der Waals surface area contributed by atoms with E-state index < -0.39 is 11.7 Å². The van der Waals surface area contributed by atoms with Gasteiger partial charge in [0, 0.05) is 16.8 Å². The van der Waals surface area contributed by atoms with Crippen molar-refractivity contribution in [2.75, 3.05) is 0 Å². The molecule has 2 nitrogen and oxygen atoms in total. The predicted molar refractivity (Wildman–Crippen MR) is 71.6 cm³/mol. The van der Waals surface area contributed by atoms with Crippen LogP contribution in [0.3, 0.4) is 0 Å². The van der Waals surface area contributed by atoms with Gasteiger partial charge in [0.2, 0.25) is 0 Å². The highest BCUT2D eigenvalue weighted by Gasteiger charge is 2.30. The van der Waals surface area contributed by atoms with Crippen LogP contribution in [-0.2, 0) is 12.6 Å². The molecule has 2 rings (SSSR count). The zero-order valence-electron chi connectivity index (χ0n) is 10.9. The highest BCUT2D eigenvalue weighted by Crippen LogP contribution is 2.30. The van der Waals surface area contributed by atoms with Crippen molar-refractivity contribution in [3.63, 3.8) is 0 Å². The third-order valence-electron chi connectivity index (χ3n) is 2.99. The molecule has 0 aliphatic carbocycles. The second kappa shape index (κ2) is 5.40. The van der Waals surface area contributed by atoms with Crippen molar-refractivity contribution in [3.8, 4) is 11.4 Å². The summed E-state index contributed by atoms with van der Waals surface area (Å²) in [5, 5.41) is 0.326. The Labute approximate surface area is 119 Å². The molecule has 0 fully saturated rings. The molecule has 20 heavy (non-hydrogen) atoms. The second-order valence-corrected chi connectivity index (χ2v) is 4.70. The molecule has 0 atom stereocenters. The maximum absolute atomic E-state index is 12.5. The van der Waals surface area contributed by atoms with Crippen LogP contribution in [0, 0.1) is 6.92 Å². The fourth-order valence-electron chi connectivity index (χ4n) is 1.81. The molecule has 0 radical (unpaired) electrons. The minimum Gasteiger partial charge on any atom is -0.233 e. The number of aryl methyl sites for hydroxylation is 1. The van der Waals surface area contributed by atoms with Gasteiger partial charge in [-0.15, -0.1) is 0 Å². The minimum absolute atomic E-state index is 0.326. The normalized spacial score (nSPS) is 11.7. The van der Waals surface area contributed by atoms with Crippen molar-refractivity contribution in [3.05, 3.63) is 46.2 Å². The number of halogens is 4. The molecule has 1 heterocycles. The number of benzene rings is 1. The maximum atomic E-state index is 12.5. The summed E-state index contributed by atoms with van der Waals surface area (Å²) >= 11 is 6.02. The number of rotatable bonds is 2. The Morgan fingerprint density at radius 3 is 2.20 bits per heavy atom. The van der Waals surface area contributed by atoms with Crippen LogP contribution in [-0.4, -0.2) is 9.97 Å². The topological polar surface area (TPSA) is 25.8 Å². The second-order valence-electron chi connectivity index (χ2n) is 4.34. The van der Waals surface area contributed by atoms with Gasteiger partial charge in [0.15, 0.2) is 5.82 Å². The summed E-state index contributed by atoms with van der Waals surface area (Å²) in [5.74, 6) is 0.339. The summed E-state index contributed by atoms with van der Waals surface area (Å²) in [5.41, 5.74) is 1.40. The Kier molecular flexibility index (Phi) is 3.99. The van der Waals surface area contributed by atoms with Crippen LogP contribution in [0.1, 0.15) is 23.7 Å². The van der Waals surface area contributed by atoms with Crippen molar-refractivity contribution in [2.24, 2.45) is 0 Å². The third-order valence-corrected chi connectivity index (χ3v) is 3.36. The van der Waals surface area contributed by atoms with Gasteiger partial charge in [-0.05, 0) is 25.5 Å². The molecule has 2 aromatic rings. The summed E-state index contributed by atoms with van der Waals surface area (Å²) < 4.78 is 37.5. The molecule has 0 aliphatic rings. The van der Waals surface area contributed by atoms with Gasteiger partial charge in [-0.2, -0.15) is 13.2 Å². The molecule has 0 unspecified atom stereocenters. The van der Waals surface area contributed by atoms with E-state index in [9.17, 15) is 13.2 Å². The number of alkyl halides is 3. The lowest BCUT2D eigenvalue weighted by Gasteiger charge is -2.09. The van der Waals surface area contributed by atoms with Gasteiger partial charge < -0.3 is 0 Å². The van der Waals surface area contributed by atoms with Crippen molar-refractivity contribution in [2.45, 2.75) is 26.4 Å². The summed E-state index contributed by atoms with van der Waals surface area (Å²) in [6, 6.07) is 4.72. The highest BCUT2D eigenvalue weighted by atomic mass is 35.5. The summed E-state index contributed by atoms with van der Waals surface area (Å²) in [6.45, 7) is 3.75. The van der Waals surface area contributed by atoms with Crippen LogP contribution in [0.2, 0.25) is 5.15 Å². The lowest BCUT2D eigenvalue weighted by atomic mass is 10.1. The minimum atomic E-state index is -4.35. The molecule has 6 heteroatoms. The Hall–Kier alpha value is -1.62. The molecule has 1 aromatic carbocycles. The number of hydrogen-bond acceptors (Lipinski definition) is 2. The Balaban J connectivity index is 2.44. The van der Waals surface area contributed by atoms with Crippen LogP contribution in [0.25, 0.3) is 11.4 Å². The lowest BCUT2D eigenvalue weighted by Crippen LogP contribution is -2.04. The van der Waals surface area contributed by atoms with E-state index in [-0.39, 0.29) is 0 Å². The molecule has 0 spiro atoms. The first-order valence-electron chi connectivity index (χ1n) is 6.03. The zero-order chi connectivity index (χ0) is 14.9. The average molecular weight is 301 g/mol. The smallest absolute Gasteiger partial charge is 0.233 e. The summed E-state index contributed by atoms with van der Waals surface area (Å²) in [4.78, 5) is 8.45. The quantitative estimate of drug-likeness (QED) is 0.752. The molecule has 0 N–H and O–H groups in total. The van der Waals surface area contributed by atoms with E-state index in [0.29, 0.717) is 23.0 Å². The molecule has 0 saturated heterocycles. The van der Waals surface area contributed by atoms with E-state index in [4.69, 9.17) is 11.6 Å². The van der Waals surface area contributed by atoms with Gasteiger partial charge in [-0.25, -0.2) is 9.97 Å². The van der Waals surface area contributed by atoms with Crippen LogP contribution in [0.15, 0.2) is 24.3 Å². The average Bonchev–Trinajstić information content (AvgIpc) is 2.41. The van der Waals surface area contributed by atoms with Gasteiger partial charge >= 0.3 is 6.18 Å². The maximum Gasteiger partial charge on any atom is 0.416 e. The fourth-order valence-corrected chi connectivity index (χ4v) is 2.00. The lowest BCUT2D eigenvalue weighted by molar-refractivity contribution is -0.137. The first kappa shape index (κ1) is 14.8. The molecule has 0 bridgehead atoms. The van der Waals surface area contributed by atoms with Crippen LogP contribution in [0.5, 0.6) is 0 Å². The van der Waals surface area contributed by atoms with E-state index in [1.54, 1.807) is 0 Å². The van der Waals surface area contributed by atoms with Crippen molar-refractivity contribution in [1.29, 1.82) is 0 Å². The number of hydrogen-bond donors (Lipinski definition) is 0. The van der Waals surface area contributed by atoms with E-state index in [1.807, 2.05) is 13.8 Å². The molecule has 106 valence electrons. The monoisotopic (exact) mass is 300 g/mol. The summed E-state index contributed by atoms with van der Waals surface area (Å²) in [7, 11) is 0. The Bertz CT molecular complexity index is 622. The van der Waals surface area contributed by atoms with Gasteiger partial charge in [0.05, 0.1) is 5.56 Å². The van der Waals surface area contributed by atoms with Crippen LogP contribution < -0.4 is 0 Å². The standard InChI is InChI=1S/C14H12ClF3N2/c1-3-11-8(2)12(15)20-13(19-11)9-4-6-10(7-5-9)14(16,17)18/h4-7H,3H2,1-2H3. The molecular weight excluding hydrogens is 289 g/mol. The molecule has 0 saturated carbocycles. The van der Waals surface area contributed by atoms with E-state index >= 15 is 0 Å². The van der Waals surface area contributed by atoms with Gasteiger partial charge in [-0.1, -0.05) is 30.7 Å². The van der Waals surface area contributed by atoms with Gasteiger partial charge in [0.1, 0.15) is 5.15 Å². The van der Waals surface area contributed by atoms with E-state index in [1.165, 1.54) is 12.1 Å². The van der Waals surface area contributed by atoms with Gasteiger partial charge in [0.25, 0.3) is 0 Å². The first-order valence-corrected chi connectivity index (χ1v) is 6.41. The molecule has 0 amide bonds. The van der Waals surface area contributed by atoms with E-state index in [0.717, 1.165) is 23.4 Å². The van der Waals surface area contributed by atoms with Crippen molar-refractivity contribution >= 4 is 11.6 Å². The molecular formula is C14H12ClF3N2. The van der Waals surface area contributed by atoms with Crippen LogP contribution in [0.4, 0.5) is 13.2 Å². The highest BCUT2D eigenvalue weighted by molar-refractivity contribution is 6.30. The molecule has 0 aliphatic heterocycles. The first-order chi connectivity index (χ1) is 9.32. The number of aromatic nitrogens is 2. The van der Waals surface area contributed by atoms with E-state index in [2.05, 4.69) is 9.97 Å². The van der Waals surface area contributed by atoms with Crippen LogP contribution >= 0.6 is 11.6 Å². The fraction of sp³-hybridized carbons (Fsp3) is 0.286. The summed E-state index contributed by atoms with van der Waals surface area (Å²) in [6.07, 6.45) is -3.67. The largest absolute Gasteiger partial charge is 0.416 e. The number of nitrogens with zero attached hydrogens (tertiary/aromatic N) is 2. The third kappa shape index (κ3) is 2.93. The predicted octanol–water partition coefficient (Wildman–Crippen LogP) is 4.69.